The molecular formula is C12H16N2O4. The summed E-state index contributed by atoms with van der Waals surface area (Å²) in [6.45, 7) is 0.740. The maximum atomic E-state index is 11.1. The minimum absolute atomic E-state index is 0.00999. The Balaban J connectivity index is 2.63. The molecule has 6 heteroatoms. The van der Waals surface area contributed by atoms with Gasteiger partial charge in [-0.05, 0) is 12.1 Å². The average molecular weight is 252 g/mol. The summed E-state index contributed by atoms with van der Waals surface area (Å²) in [4.78, 5) is 27.5. The van der Waals surface area contributed by atoms with Crippen LogP contribution in [0, 0.1) is 0 Å². The van der Waals surface area contributed by atoms with E-state index in [1.54, 1.807) is 23.4 Å². The molecule has 1 rings (SSSR count). The first kappa shape index (κ1) is 14.0. The number of pyridine rings is 1. The Bertz CT molecular complexity index is 394. The number of ether oxygens (including phenoxy) is 1. The minimum Gasteiger partial charge on any atom is -0.481 e. The van der Waals surface area contributed by atoms with Crippen molar-refractivity contribution < 1.29 is 19.4 Å². The summed E-state index contributed by atoms with van der Waals surface area (Å²) in [5.41, 5.74) is 0.794. The first-order chi connectivity index (χ1) is 8.63. The molecule has 0 aliphatic heterocycles. The van der Waals surface area contributed by atoms with Gasteiger partial charge in [-0.2, -0.15) is 0 Å². The molecule has 0 saturated carbocycles. The van der Waals surface area contributed by atoms with Gasteiger partial charge in [0.1, 0.15) is 0 Å². The third kappa shape index (κ3) is 4.82. The van der Waals surface area contributed by atoms with Crippen LogP contribution in [0.25, 0.3) is 0 Å². The second-order valence-corrected chi connectivity index (χ2v) is 3.67. The number of carbonyl (C=O) groups excluding carboxylic acids is 1. The predicted octanol–water partition coefficient (Wildman–Crippen LogP) is 0.926. The molecule has 1 aromatic heterocycles. The monoisotopic (exact) mass is 252 g/mol. The number of carboxylic acids is 1. The van der Waals surface area contributed by atoms with Crippen LogP contribution in [0.1, 0.15) is 12.8 Å². The summed E-state index contributed by atoms with van der Waals surface area (Å²) in [7, 11) is 1.33. The van der Waals surface area contributed by atoms with E-state index in [-0.39, 0.29) is 18.8 Å². The molecular weight excluding hydrogens is 236 g/mol. The van der Waals surface area contributed by atoms with Crippen LogP contribution in [-0.4, -0.2) is 42.2 Å². The molecule has 98 valence electrons. The molecule has 1 N–H and O–H groups in total. The molecule has 1 aromatic rings. The fourth-order valence-corrected chi connectivity index (χ4v) is 1.47. The van der Waals surface area contributed by atoms with Crippen LogP contribution in [0.15, 0.2) is 24.5 Å². The Morgan fingerprint density at radius 3 is 2.67 bits per heavy atom. The maximum absolute atomic E-state index is 11.1. The smallest absolute Gasteiger partial charge is 0.307 e. The van der Waals surface area contributed by atoms with Crippen molar-refractivity contribution in [3.63, 3.8) is 0 Å². The van der Waals surface area contributed by atoms with E-state index < -0.39 is 5.97 Å². The normalized spacial score (nSPS) is 9.83. The van der Waals surface area contributed by atoms with Crippen molar-refractivity contribution in [1.29, 1.82) is 0 Å². The molecule has 6 nitrogen and oxygen atoms in total. The number of rotatable bonds is 7. The number of methoxy groups -OCH3 is 1. The van der Waals surface area contributed by atoms with Gasteiger partial charge in [0, 0.05) is 19.3 Å². The number of hydrogen-bond donors (Lipinski definition) is 1. The van der Waals surface area contributed by atoms with E-state index >= 15 is 0 Å². The van der Waals surface area contributed by atoms with Gasteiger partial charge in [-0.15, -0.1) is 0 Å². The van der Waals surface area contributed by atoms with Crippen molar-refractivity contribution in [3.8, 4) is 0 Å². The predicted molar refractivity (Wildman–Crippen MR) is 65.3 cm³/mol. The van der Waals surface area contributed by atoms with Gasteiger partial charge in [0.15, 0.2) is 0 Å². The molecule has 18 heavy (non-hydrogen) atoms. The first-order valence-electron chi connectivity index (χ1n) is 5.57. The van der Waals surface area contributed by atoms with Gasteiger partial charge in [0.2, 0.25) is 0 Å². The Labute approximate surface area is 105 Å². The molecule has 0 fully saturated rings. The molecule has 0 bridgehead atoms. The Kier molecular flexibility index (Phi) is 5.63. The van der Waals surface area contributed by atoms with Crippen LogP contribution in [-0.2, 0) is 14.3 Å². The molecule has 1 heterocycles. The summed E-state index contributed by atoms with van der Waals surface area (Å²) < 4.78 is 4.56. The van der Waals surface area contributed by atoms with Gasteiger partial charge in [0.25, 0.3) is 0 Å². The Hall–Kier alpha value is -2.11. The van der Waals surface area contributed by atoms with Crippen LogP contribution >= 0.6 is 0 Å². The largest absolute Gasteiger partial charge is 0.481 e. The molecule has 0 amide bonds. The lowest BCUT2D eigenvalue weighted by atomic mass is 10.3. The van der Waals surface area contributed by atoms with Gasteiger partial charge in [-0.1, -0.05) is 0 Å². The highest BCUT2D eigenvalue weighted by Gasteiger charge is 2.11. The number of carbonyl (C=O) groups is 2. The zero-order valence-electron chi connectivity index (χ0n) is 10.2. The number of aliphatic carboxylic acids is 1. The molecule has 0 spiro atoms. The van der Waals surface area contributed by atoms with Crippen molar-refractivity contribution in [1.82, 2.24) is 4.98 Å². The highest BCUT2D eigenvalue weighted by atomic mass is 16.5. The van der Waals surface area contributed by atoms with Crippen LogP contribution in [0.5, 0.6) is 0 Å². The van der Waals surface area contributed by atoms with Gasteiger partial charge in [0.05, 0.1) is 31.8 Å². The molecule has 0 unspecified atom stereocenters. The van der Waals surface area contributed by atoms with Crippen LogP contribution in [0.4, 0.5) is 5.69 Å². The lowest BCUT2D eigenvalue weighted by molar-refractivity contribution is -0.140. The zero-order valence-corrected chi connectivity index (χ0v) is 10.2. The second-order valence-electron chi connectivity index (χ2n) is 3.67. The quantitative estimate of drug-likeness (QED) is 0.727. The number of nitrogens with zero attached hydrogens (tertiary/aromatic N) is 2. The van der Waals surface area contributed by atoms with E-state index in [4.69, 9.17) is 5.11 Å². The average Bonchev–Trinajstić information content (AvgIpc) is 2.39. The van der Waals surface area contributed by atoms with Crippen molar-refractivity contribution >= 4 is 17.6 Å². The summed E-state index contributed by atoms with van der Waals surface area (Å²) in [6, 6.07) is 3.59. The fraction of sp³-hybridized carbons (Fsp3) is 0.417. The van der Waals surface area contributed by atoms with E-state index in [0.717, 1.165) is 5.69 Å². The fourth-order valence-electron chi connectivity index (χ4n) is 1.47. The Morgan fingerprint density at radius 2 is 2.11 bits per heavy atom. The lowest BCUT2D eigenvalue weighted by Crippen LogP contribution is -2.29. The standard InChI is InChI=1S/C12H16N2O4/c1-18-12(17)5-8-14(7-4-11(15)16)10-3-2-6-13-9-10/h2-3,6,9H,4-5,7-8H2,1H3,(H,15,16). The second kappa shape index (κ2) is 7.26. The zero-order chi connectivity index (χ0) is 13.4. The number of hydrogen-bond acceptors (Lipinski definition) is 5. The summed E-state index contributed by atoms with van der Waals surface area (Å²) in [5.74, 6) is -1.19. The summed E-state index contributed by atoms with van der Waals surface area (Å²) in [6.07, 6.45) is 3.50. The van der Waals surface area contributed by atoms with Crippen LogP contribution in [0.2, 0.25) is 0 Å². The lowest BCUT2D eigenvalue weighted by Gasteiger charge is -2.23. The SMILES string of the molecule is COC(=O)CCN(CCC(=O)O)c1cccnc1. The number of anilines is 1. The Morgan fingerprint density at radius 1 is 1.39 bits per heavy atom. The number of aromatic nitrogens is 1. The van der Waals surface area contributed by atoms with E-state index in [1.807, 2.05) is 6.07 Å². The van der Waals surface area contributed by atoms with E-state index in [0.29, 0.717) is 13.1 Å². The van der Waals surface area contributed by atoms with E-state index in [1.165, 1.54) is 7.11 Å². The van der Waals surface area contributed by atoms with Crippen molar-refractivity contribution in [2.45, 2.75) is 12.8 Å². The summed E-state index contributed by atoms with van der Waals surface area (Å²) in [5, 5.41) is 8.70. The van der Waals surface area contributed by atoms with Crippen molar-refractivity contribution in [2.75, 3.05) is 25.1 Å². The molecule has 0 aromatic carbocycles. The topological polar surface area (TPSA) is 79.7 Å². The number of esters is 1. The summed E-state index contributed by atoms with van der Waals surface area (Å²) >= 11 is 0. The van der Waals surface area contributed by atoms with E-state index in [2.05, 4.69) is 9.72 Å². The molecule has 0 aliphatic rings. The molecule has 0 radical (unpaired) electrons. The van der Waals surface area contributed by atoms with Gasteiger partial charge >= 0.3 is 11.9 Å². The van der Waals surface area contributed by atoms with Crippen LogP contribution < -0.4 is 4.90 Å². The third-order valence-electron chi connectivity index (χ3n) is 2.42. The molecule has 0 atom stereocenters. The van der Waals surface area contributed by atoms with Crippen molar-refractivity contribution in [3.05, 3.63) is 24.5 Å². The third-order valence-corrected chi connectivity index (χ3v) is 2.42. The highest BCUT2D eigenvalue weighted by Crippen LogP contribution is 2.12. The minimum atomic E-state index is -0.873. The van der Waals surface area contributed by atoms with Gasteiger partial charge in [-0.25, -0.2) is 0 Å². The van der Waals surface area contributed by atoms with Gasteiger partial charge in [-0.3, -0.25) is 14.6 Å². The van der Waals surface area contributed by atoms with E-state index in [9.17, 15) is 9.59 Å². The maximum Gasteiger partial charge on any atom is 0.307 e. The van der Waals surface area contributed by atoms with Crippen molar-refractivity contribution in [2.24, 2.45) is 0 Å². The highest BCUT2D eigenvalue weighted by molar-refractivity contribution is 5.70. The molecule has 0 aliphatic carbocycles. The van der Waals surface area contributed by atoms with Gasteiger partial charge < -0.3 is 14.7 Å². The van der Waals surface area contributed by atoms with Crippen LogP contribution in [0.3, 0.4) is 0 Å². The number of carboxylic acid groups (broad SMARTS) is 1. The molecule has 0 saturated heterocycles. The first-order valence-corrected chi connectivity index (χ1v) is 5.57.